The van der Waals surface area contributed by atoms with Crippen LogP contribution in [0, 0.1) is 13.8 Å². The number of piperazine rings is 1. The number of amides is 1. The maximum absolute atomic E-state index is 13.0. The number of benzene rings is 2. The molecule has 0 aliphatic carbocycles. The molecule has 3 aromatic rings. The van der Waals surface area contributed by atoms with Gasteiger partial charge in [0.05, 0.1) is 23.0 Å². The molecule has 1 aromatic heterocycles. The van der Waals surface area contributed by atoms with Crippen molar-refractivity contribution in [1.29, 1.82) is 0 Å². The molecule has 1 saturated heterocycles. The second-order valence-corrected chi connectivity index (χ2v) is 8.97. The Kier molecular flexibility index (Phi) is 6.00. The van der Waals surface area contributed by atoms with Crippen molar-refractivity contribution in [3.8, 4) is 11.5 Å². The Morgan fingerprint density at radius 3 is 2.33 bits per heavy atom. The topological polar surface area (TPSA) is 59.8 Å². The molecule has 7 nitrogen and oxygen atoms in total. The third-order valence-electron chi connectivity index (χ3n) is 6.33. The number of aromatic nitrogens is 2. The average molecular weight is 467 g/mol. The van der Waals surface area contributed by atoms with Crippen LogP contribution in [0.4, 0.5) is 0 Å². The molecular formula is C25H27ClN4O3. The zero-order valence-electron chi connectivity index (χ0n) is 18.9. The molecule has 0 radical (unpaired) electrons. The van der Waals surface area contributed by atoms with Crippen LogP contribution < -0.4 is 9.47 Å². The maximum Gasteiger partial charge on any atom is 0.253 e. The van der Waals surface area contributed by atoms with Gasteiger partial charge in [-0.15, -0.1) is 0 Å². The lowest BCUT2D eigenvalue weighted by Crippen LogP contribution is -2.48. The van der Waals surface area contributed by atoms with E-state index in [4.69, 9.17) is 21.1 Å². The third kappa shape index (κ3) is 4.56. The Bertz CT molecular complexity index is 1170. The van der Waals surface area contributed by atoms with E-state index in [1.807, 2.05) is 59.8 Å². The Labute approximate surface area is 198 Å². The van der Waals surface area contributed by atoms with Crippen LogP contribution in [0.1, 0.15) is 32.9 Å². The molecule has 0 saturated carbocycles. The molecular weight excluding hydrogens is 440 g/mol. The number of halogens is 1. The van der Waals surface area contributed by atoms with Gasteiger partial charge < -0.3 is 14.4 Å². The van der Waals surface area contributed by atoms with E-state index in [2.05, 4.69) is 16.1 Å². The molecule has 5 rings (SSSR count). The van der Waals surface area contributed by atoms with Crippen LogP contribution in [-0.2, 0) is 13.1 Å². The Balaban J connectivity index is 1.15. The summed E-state index contributed by atoms with van der Waals surface area (Å²) in [5.74, 6) is 1.70. The van der Waals surface area contributed by atoms with Gasteiger partial charge in [0.15, 0.2) is 11.5 Å². The first kappa shape index (κ1) is 21.8. The van der Waals surface area contributed by atoms with Gasteiger partial charge >= 0.3 is 0 Å². The maximum atomic E-state index is 13.0. The van der Waals surface area contributed by atoms with Crippen molar-refractivity contribution in [2.24, 2.45) is 0 Å². The number of rotatable bonds is 5. The van der Waals surface area contributed by atoms with Crippen LogP contribution in [0.15, 0.2) is 42.5 Å². The summed E-state index contributed by atoms with van der Waals surface area (Å²) in [7, 11) is 0. The highest BCUT2D eigenvalue weighted by atomic mass is 35.5. The highest BCUT2D eigenvalue weighted by Crippen LogP contribution is 2.33. The summed E-state index contributed by atoms with van der Waals surface area (Å²) in [4.78, 5) is 17.3. The lowest BCUT2D eigenvalue weighted by molar-refractivity contribution is 0.0628. The van der Waals surface area contributed by atoms with Gasteiger partial charge in [0, 0.05) is 38.3 Å². The largest absolute Gasteiger partial charge is 0.454 e. The van der Waals surface area contributed by atoms with E-state index in [-0.39, 0.29) is 12.7 Å². The van der Waals surface area contributed by atoms with E-state index in [9.17, 15) is 4.79 Å². The number of nitrogens with zero attached hydrogens (tertiary/aromatic N) is 4. The molecule has 1 fully saturated rings. The van der Waals surface area contributed by atoms with Gasteiger partial charge in [-0.25, -0.2) is 0 Å². The standard InChI is InChI=1S/C25H27ClN4O3/c1-17-24(26)18(2)30(27-17)15-19-3-6-21(7-4-19)25(31)29-11-9-28(10-12-29)14-20-5-8-22-23(13-20)33-16-32-22/h3-8,13H,9-12,14-16H2,1-2H3. The van der Waals surface area contributed by atoms with E-state index in [0.29, 0.717) is 11.6 Å². The molecule has 33 heavy (non-hydrogen) atoms. The second-order valence-electron chi connectivity index (χ2n) is 8.60. The molecule has 0 unspecified atom stereocenters. The number of fused-ring (bicyclic) bond motifs is 1. The van der Waals surface area contributed by atoms with Gasteiger partial charge in [0.2, 0.25) is 6.79 Å². The summed E-state index contributed by atoms with van der Waals surface area (Å²) in [6.45, 7) is 8.75. The molecule has 0 atom stereocenters. The van der Waals surface area contributed by atoms with Gasteiger partial charge in [-0.05, 0) is 49.2 Å². The Morgan fingerprint density at radius 1 is 0.939 bits per heavy atom. The van der Waals surface area contributed by atoms with Crippen molar-refractivity contribution in [3.63, 3.8) is 0 Å². The minimum atomic E-state index is 0.0819. The zero-order valence-corrected chi connectivity index (χ0v) is 19.6. The zero-order chi connectivity index (χ0) is 22.9. The molecule has 8 heteroatoms. The van der Waals surface area contributed by atoms with E-state index >= 15 is 0 Å². The van der Waals surface area contributed by atoms with Crippen molar-refractivity contribution in [2.75, 3.05) is 33.0 Å². The Hall–Kier alpha value is -3.03. The first-order chi connectivity index (χ1) is 16.0. The quantitative estimate of drug-likeness (QED) is 0.571. The van der Waals surface area contributed by atoms with E-state index in [1.165, 1.54) is 5.56 Å². The Morgan fingerprint density at radius 2 is 1.64 bits per heavy atom. The molecule has 172 valence electrons. The van der Waals surface area contributed by atoms with E-state index < -0.39 is 0 Å². The predicted octanol–water partition coefficient (Wildman–Crippen LogP) is 3.89. The SMILES string of the molecule is Cc1nn(Cc2ccc(C(=O)N3CCN(Cc4ccc5c(c4)OCO5)CC3)cc2)c(C)c1Cl. The number of hydrogen-bond donors (Lipinski definition) is 0. The highest BCUT2D eigenvalue weighted by Gasteiger charge is 2.23. The molecule has 2 aliphatic heterocycles. The summed E-state index contributed by atoms with van der Waals surface area (Å²) in [6, 6.07) is 13.9. The average Bonchev–Trinajstić information content (AvgIpc) is 3.39. The van der Waals surface area contributed by atoms with Crippen LogP contribution in [0.2, 0.25) is 5.02 Å². The van der Waals surface area contributed by atoms with Crippen LogP contribution in [0.3, 0.4) is 0 Å². The summed E-state index contributed by atoms with van der Waals surface area (Å²) >= 11 is 6.25. The fourth-order valence-electron chi connectivity index (χ4n) is 4.34. The summed E-state index contributed by atoms with van der Waals surface area (Å²) in [5, 5.41) is 5.19. The minimum Gasteiger partial charge on any atom is -0.454 e. The number of aryl methyl sites for hydroxylation is 1. The van der Waals surface area contributed by atoms with Crippen LogP contribution in [-0.4, -0.2) is 58.5 Å². The number of hydrogen-bond acceptors (Lipinski definition) is 5. The smallest absolute Gasteiger partial charge is 0.253 e. The van der Waals surface area contributed by atoms with Gasteiger partial charge in [-0.2, -0.15) is 5.10 Å². The number of ether oxygens (including phenoxy) is 2. The summed E-state index contributed by atoms with van der Waals surface area (Å²) < 4.78 is 12.8. The van der Waals surface area contributed by atoms with Crippen molar-refractivity contribution < 1.29 is 14.3 Å². The predicted molar refractivity (Wildman–Crippen MR) is 126 cm³/mol. The first-order valence-corrected chi connectivity index (χ1v) is 11.5. The molecule has 2 aliphatic rings. The fraction of sp³-hybridized carbons (Fsp3) is 0.360. The molecule has 3 heterocycles. The minimum absolute atomic E-state index is 0.0819. The van der Waals surface area contributed by atoms with Gasteiger partial charge in [-0.1, -0.05) is 29.8 Å². The molecule has 0 bridgehead atoms. The van der Waals surface area contributed by atoms with Crippen LogP contribution >= 0.6 is 11.6 Å². The fourth-order valence-corrected chi connectivity index (χ4v) is 4.48. The van der Waals surface area contributed by atoms with Gasteiger partial charge in [0.25, 0.3) is 5.91 Å². The molecule has 0 N–H and O–H groups in total. The lowest BCUT2D eigenvalue weighted by atomic mass is 10.1. The molecule has 1 amide bonds. The second kappa shape index (κ2) is 9.08. The number of carbonyl (C=O) groups is 1. The van der Waals surface area contributed by atoms with Crippen LogP contribution in [0.25, 0.3) is 0 Å². The van der Waals surface area contributed by atoms with Crippen molar-refractivity contribution in [3.05, 3.63) is 75.6 Å². The third-order valence-corrected chi connectivity index (χ3v) is 6.88. The summed E-state index contributed by atoms with van der Waals surface area (Å²) in [5.41, 5.74) is 4.78. The van der Waals surface area contributed by atoms with E-state index in [0.717, 1.165) is 66.7 Å². The number of carbonyl (C=O) groups excluding carboxylic acids is 1. The first-order valence-electron chi connectivity index (χ1n) is 11.2. The van der Waals surface area contributed by atoms with E-state index in [1.54, 1.807) is 0 Å². The normalized spacial score (nSPS) is 15.8. The lowest BCUT2D eigenvalue weighted by Gasteiger charge is -2.34. The van der Waals surface area contributed by atoms with Crippen molar-refractivity contribution in [2.45, 2.75) is 26.9 Å². The molecule has 0 spiro atoms. The van der Waals surface area contributed by atoms with Crippen LogP contribution in [0.5, 0.6) is 11.5 Å². The molecule has 2 aromatic carbocycles. The van der Waals surface area contributed by atoms with Gasteiger partial charge in [-0.3, -0.25) is 14.4 Å². The highest BCUT2D eigenvalue weighted by molar-refractivity contribution is 6.31. The van der Waals surface area contributed by atoms with Crippen molar-refractivity contribution in [1.82, 2.24) is 19.6 Å². The monoisotopic (exact) mass is 466 g/mol. The van der Waals surface area contributed by atoms with Crippen molar-refractivity contribution >= 4 is 17.5 Å². The van der Waals surface area contributed by atoms with Gasteiger partial charge in [0.1, 0.15) is 0 Å². The summed E-state index contributed by atoms with van der Waals surface area (Å²) in [6.07, 6.45) is 0.